The van der Waals surface area contributed by atoms with Crippen molar-refractivity contribution in [2.45, 2.75) is 38.9 Å². The first-order chi connectivity index (χ1) is 11.0. The van der Waals surface area contributed by atoms with Crippen molar-refractivity contribution >= 4 is 11.6 Å². The Morgan fingerprint density at radius 3 is 2.33 bits per heavy atom. The maximum absolute atomic E-state index is 13.3. The zero-order valence-corrected chi connectivity index (χ0v) is 13.3. The normalized spacial score (nSPS) is 19.1. The zero-order chi connectivity index (χ0) is 18.1. The lowest BCUT2D eigenvalue weighted by Crippen LogP contribution is -2.50. The van der Waals surface area contributed by atoms with Gasteiger partial charge in [-0.3, -0.25) is 20.3 Å². The molecule has 1 amide bonds. The molecular weight excluding hydrogens is 327 g/mol. The molecule has 1 atom stereocenters. The van der Waals surface area contributed by atoms with E-state index in [0.717, 1.165) is 5.01 Å². The summed E-state index contributed by atoms with van der Waals surface area (Å²) in [6.07, 6.45) is -4.65. The van der Waals surface area contributed by atoms with Crippen LogP contribution in [0, 0.1) is 15.5 Å². The molecule has 0 radical (unpaired) electrons. The summed E-state index contributed by atoms with van der Waals surface area (Å²) in [5.41, 5.74) is 1.88. The van der Waals surface area contributed by atoms with Crippen LogP contribution in [-0.2, 0) is 11.2 Å². The second-order valence-electron chi connectivity index (χ2n) is 6.47. The van der Waals surface area contributed by atoms with Crippen LogP contribution in [0.1, 0.15) is 25.8 Å². The van der Waals surface area contributed by atoms with Crippen molar-refractivity contribution in [3.63, 3.8) is 0 Å². The van der Waals surface area contributed by atoms with Gasteiger partial charge in [-0.1, -0.05) is 12.1 Å². The molecule has 6 nitrogen and oxygen atoms in total. The van der Waals surface area contributed by atoms with Gasteiger partial charge in [-0.2, -0.15) is 13.2 Å². The summed E-state index contributed by atoms with van der Waals surface area (Å²) < 4.78 is 40.0. The van der Waals surface area contributed by atoms with E-state index in [-0.39, 0.29) is 25.1 Å². The van der Waals surface area contributed by atoms with E-state index >= 15 is 0 Å². The number of nitrogens with zero attached hydrogens (tertiary/aromatic N) is 2. The molecule has 0 bridgehead atoms. The highest BCUT2D eigenvalue weighted by molar-refractivity contribution is 5.83. The Morgan fingerprint density at radius 1 is 1.33 bits per heavy atom. The fourth-order valence-corrected chi connectivity index (χ4v) is 2.59. The van der Waals surface area contributed by atoms with E-state index in [1.165, 1.54) is 24.3 Å². The van der Waals surface area contributed by atoms with E-state index < -0.39 is 28.5 Å². The highest BCUT2D eigenvalue weighted by atomic mass is 19.4. The second-order valence-corrected chi connectivity index (χ2v) is 6.47. The maximum Gasteiger partial charge on any atom is 0.405 e. The van der Waals surface area contributed by atoms with Gasteiger partial charge in [0.15, 0.2) is 0 Å². The van der Waals surface area contributed by atoms with Crippen LogP contribution in [0.5, 0.6) is 0 Å². The topological polar surface area (TPSA) is 75.5 Å². The smallest absolute Gasteiger partial charge is 0.288 e. The fraction of sp³-hybridized carbons (Fsp3) is 0.533. The van der Waals surface area contributed by atoms with Crippen molar-refractivity contribution in [2.75, 3.05) is 6.54 Å². The minimum atomic E-state index is -4.49. The standard InChI is InChI=1S/C15H18F3N3O3/c1-14(2)9-20(19-13(14)22)12(15(16,17)18)8-5-10-3-6-11(7-4-10)21(23)24/h3-4,6-7,12H,5,8-9H2,1-2H3,(H,19,22). The maximum atomic E-state index is 13.3. The quantitative estimate of drug-likeness (QED) is 0.658. The lowest BCUT2D eigenvalue weighted by atomic mass is 9.94. The van der Waals surface area contributed by atoms with E-state index in [9.17, 15) is 28.1 Å². The number of hydrogen-bond donors (Lipinski definition) is 1. The number of benzene rings is 1. The van der Waals surface area contributed by atoms with Crippen molar-refractivity contribution < 1.29 is 22.9 Å². The monoisotopic (exact) mass is 345 g/mol. The van der Waals surface area contributed by atoms with Gasteiger partial charge in [-0.05, 0) is 32.3 Å². The van der Waals surface area contributed by atoms with E-state index in [2.05, 4.69) is 5.43 Å². The molecule has 0 aromatic heterocycles. The molecule has 0 saturated carbocycles. The number of hydrazine groups is 1. The van der Waals surface area contributed by atoms with Gasteiger partial charge in [0.2, 0.25) is 5.91 Å². The zero-order valence-electron chi connectivity index (χ0n) is 13.3. The third kappa shape index (κ3) is 4.02. The van der Waals surface area contributed by atoms with E-state index in [0.29, 0.717) is 5.56 Å². The summed E-state index contributed by atoms with van der Waals surface area (Å²) >= 11 is 0. The molecule has 1 aromatic rings. The van der Waals surface area contributed by atoms with Crippen LogP contribution in [0.15, 0.2) is 24.3 Å². The summed E-state index contributed by atoms with van der Waals surface area (Å²) in [5.74, 6) is -0.438. The lowest BCUT2D eigenvalue weighted by molar-refractivity contribution is -0.384. The molecule has 1 heterocycles. The fourth-order valence-electron chi connectivity index (χ4n) is 2.59. The molecule has 1 fully saturated rings. The Bertz CT molecular complexity index is 629. The second kappa shape index (κ2) is 6.39. The summed E-state index contributed by atoms with van der Waals surface area (Å²) in [7, 11) is 0. The van der Waals surface area contributed by atoms with Crippen LogP contribution in [0.25, 0.3) is 0 Å². The highest BCUT2D eigenvalue weighted by Gasteiger charge is 2.49. The van der Waals surface area contributed by atoms with Crippen LogP contribution in [0.3, 0.4) is 0 Å². The van der Waals surface area contributed by atoms with Crippen molar-refractivity contribution in [3.8, 4) is 0 Å². The van der Waals surface area contributed by atoms with Gasteiger partial charge in [0.05, 0.1) is 10.3 Å². The minimum Gasteiger partial charge on any atom is -0.288 e. The summed E-state index contributed by atoms with van der Waals surface area (Å²) in [4.78, 5) is 21.7. The van der Waals surface area contributed by atoms with Gasteiger partial charge in [-0.15, -0.1) is 0 Å². The number of nitro benzene ring substituents is 1. The number of hydrogen-bond acceptors (Lipinski definition) is 4. The molecule has 1 aromatic carbocycles. The molecule has 24 heavy (non-hydrogen) atoms. The molecular formula is C15H18F3N3O3. The highest BCUT2D eigenvalue weighted by Crippen LogP contribution is 2.33. The SMILES string of the molecule is CC1(C)CN(C(CCc2ccc([N+](=O)[O-])cc2)C(F)(F)F)NC1=O. The summed E-state index contributed by atoms with van der Waals surface area (Å²) in [5, 5.41) is 11.5. The third-order valence-electron chi connectivity index (χ3n) is 4.03. The number of carbonyl (C=O) groups is 1. The first-order valence-electron chi connectivity index (χ1n) is 7.38. The van der Waals surface area contributed by atoms with Crippen LogP contribution in [-0.4, -0.2) is 34.6 Å². The number of carbonyl (C=O) groups excluding carboxylic acids is 1. The number of amides is 1. The predicted molar refractivity (Wildman–Crippen MR) is 79.9 cm³/mol. The molecule has 1 aliphatic rings. The van der Waals surface area contributed by atoms with E-state index in [1.807, 2.05) is 0 Å². The van der Waals surface area contributed by atoms with Crippen LogP contribution in [0.4, 0.5) is 18.9 Å². The summed E-state index contributed by atoms with van der Waals surface area (Å²) in [6, 6.07) is 3.60. The number of nitro groups is 1. The van der Waals surface area contributed by atoms with Gasteiger partial charge < -0.3 is 0 Å². The first-order valence-corrected chi connectivity index (χ1v) is 7.38. The number of alkyl halides is 3. The van der Waals surface area contributed by atoms with Crippen molar-refractivity contribution in [1.29, 1.82) is 0 Å². The van der Waals surface area contributed by atoms with Gasteiger partial charge in [0.25, 0.3) is 5.69 Å². The number of rotatable bonds is 5. The average Bonchev–Trinajstić information content (AvgIpc) is 2.71. The number of nitrogens with one attached hydrogen (secondary N) is 1. The lowest BCUT2D eigenvalue weighted by Gasteiger charge is -2.29. The van der Waals surface area contributed by atoms with Crippen molar-refractivity contribution in [1.82, 2.24) is 10.4 Å². The molecule has 0 aliphatic carbocycles. The van der Waals surface area contributed by atoms with Gasteiger partial charge in [0.1, 0.15) is 6.04 Å². The Balaban J connectivity index is 2.08. The molecule has 132 valence electrons. The van der Waals surface area contributed by atoms with Gasteiger partial charge in [0, 0.05) is 18.7 Å². The molecule has 1 saturated heterocycles. The largest absolute Gasteiger partial charge is 0.405 e. The van der Waals surface area contributed by atoms with Gasteiger partial charge in [-0.25, -0.2) is 5.01 Å². The minimum absolute atomic E-state index is 0.0315. The number of non-ortho nitro benzene ring substituents is 1. The van der Waals surface area contributed by atoms with Crippen LogP contribution in [0.2, 0.25) is 0 Å². The number of aryl methyl sites for hydroxylation is 1. The Hall–Kier alpha value is -2.16. The van der Waals surface area contributed by atoms with Crippen molar-refractivity contribution in [3.05, 3.63) is 39.9 Å². The molecule has 0 spiro atoms. The van der Waals surface area contributed by atoms with Crippen LogP contribution < -0.4 is 5.43 Å². The summed E-state index contributed by atoms with van der Waals surface area (Å²) in [6.45, 7) is 3.15. The van der Waals surface area contributed by atoms with E-state index in [1.54, 1.807) is 13.8 Å². The number of halogens is 3. The molecule has 9 heteroatoms. The third-order valence-corrected chi connectivity index (χ3v) is 4.03. The van der Waals surface area contributed by atoms with Crippen molar-refractivity contribution in [2.24, 2.45) is 5.41 Å². The predicted octanol–water partition coefficient (Wildman–Crippen LogP) is 2.83. The molecule has 2 rings (SSSR count). The Morgan fingerprint density at radius 2 is 1.92 bits per heavy atom. The average molecular weight is 345 g/mol. The molecule has 1 unspecified atom stereocenters. The van der Waals surface area contributed by atoms with Gasteiger partial charge >= 0.3 is 6.18 Å². The Labute approximate surface area is 136 Å². The molecule has 1 N–H and O–H groups in total. The van der Waals surface area contributed by atoms with Crippen LogP contribution >= 0.6 is 0 Å². The first kappa shape index (κ1) is 18.2. The van der Waals surface area contributed by atoms with E-state index in [4.69, 9.17) is 0 Å². The molecule has 1 aliphatic heterocycles. The Kier molecular flexibility index (Phi) is 4.84.